The smallest absolute Gasteiger partial charge is 0.314 e. The van der Waals surface area contributed by atoms with E-state index < -0.39 is 23.2 Å². The van der Waals surface area contributed by atoms with E-state index in [2.05, 4.69) is 15.2 Å². The second kappa shape index (κ2) is 6.66. The molecule has 0 aromatic carbocycles. The molecule has 2 rings (SSSR count). The van der Waals surface area contributed by atoms with Gasteiger partial charge in [-0.25, -0.2) is 0 Å². The minimum absolute atomic E-state index is 0.154. The summed E-state index contributed by atoms with van der Waals surface area (Å²) in [6.07, 6.45) is 3.39. The van der Waals surface area contributed by atoms with E-state index in [1.54, 1.807) is 46.0 Å². The molecule has 8 nitrogen and oxygen atoms in total. The van der Waals surface area contributed by atoms with Crippen molar-refractivity contribution >= 4 is 5.97 Å². The third kappa shape index (κ3) is 3.95. The minimum Gasteiger partial charge on any atom is -0.460 e. The maximum absolute atomic E-state index is 12.3. The van der Waals surface area contributed by atoms with Crippen molar-refractivity contribution in [2.75, 3.05) is 0 Å². The van der Waals surface area contributed by atoms with Gasteiger partial charge in [-0.05, 0) is 39.3 Å². The van der Waals surface area contributed by atoms with Gasteiger partial charge >= 0.3 is 5.97 Å². The van der Waals surface area contributed by atoms with Gasteiger partial charge in [0.05, 0.1) is 5.56 Å². The first kappa shape index (κ1) is 18.0. The summed E-state index contributed by atoms with van der Waals surface area (Å²) in [5.41, 5.74) is 3.70. The fourth-order valence-electron chi connectivity index (χ4n) is 2.17. The number of aliphatic hydroxyl groups is 1. The Balaban J connectivity index is 2.28. The molecular weight excluding hydrogens is 312 g/mol. The van der Waals surface area contributed by atoms with Crippen LogP contribution in [0.15, 0.2) is 28.9 Å². The van der Waals surface area contributed by atoms with Crippen LogP contribution < -0.4 is 5.73 Å². The third-order valence-corrected chi connectivity index (χ3v) is 3.31. The predicted octanol–water partition coefficient (Wildman–Crippen LogP) is 1.60. The third-order valence-electron chi connectivity index (χ3n) is 3.31. The summed E-state index contributed by atoms with van der Waals surface area (Å²) in [7, 11) is 0. The van der Waals surface area contributed by atoms with Crippen LogP contribution in [0.25, 0.3) is 11.5 Å². The summed E-state index contributed by atoms with van der Waals surface area (Å²) < 4.78 is 10.8. The lowest BCUT2D eigenvalue weighted by molar-refractivity contribution is -0.172. The SMILES string of the molecule is CC[C@H](C(=O)OC(C)(C)C)C(N)(O)c1nnc(-c2cccnc2)o1. The zero-order valence-corrected chi connectivity index (χ0v) is 14.2. The van der Waals surface area contributed by atoms with Crippen LogP contribution in [-0.4, -0.2) is 31.9 Å². The van der Waals surface area contributed by atoms with Crippen LogP contribution in [0, 0.1) is 5.92 Å². The van der Waals surface area contributed by atoms with Crippen LogP contribution in [0.4, 0.5) is 0 Å². The molecule has 2 aromatic rings. The molecule has 24 heavy (non-hydrogen) atoms. The van der Waals surface area contributed by atoms with Crippen molar-refractivity contribution in [3.8, 4) is 11.5 Å². The van der Waals surface area contributed by atoms with Gasteiger partial charge in [0, 0.05) is 12.4 Å². The number of nitrogens with two attached hydrogens (primary N) is 1. The van der Waals surface area contributed by atoms with Gasteiger partial charge in [-0.3, -0.25) is 15.5 Å². The Morgan fingerprint density at radius 3 is 2.67 bits per heavy atom. The number of esters is 1. The van der Waals surface area contributed by atoms with Crippen LogP contribution in [0.1, 0.15) is 40.0 Å². The largest absolute Gasteiger partial charge is 0.460 e. The first-order valence-corrected chi connectivity index (χ1v) is 7.63. The van der Waals surface area contributed by atoms with Crippen LogP contribution in [0.2, 0.25) is 0 Å². The Hall–Kier alpha value is -2.32. The van der Waals surface area contributed by atoms with Crippen LogP contribution in [0.5, 0.6) is 0 Å². The summed E-state index contributed by atoms with van der Waals surface area (Å²) in [6, 6.07) is 3.44. The van der Waals surface area contributed by atoms with Crippen LogP contribution in [0.3, 0.4) is 0 Å². The van der Waals surface area contributed by atoms with Crippen molar-refractivity contribution < 1.29 is 19.1 Å². The summed E-state index contributed by atoms with van der Waals surface area (Å²) in [4.78, 5) is 16.3. The second-order valence-corrected chi connectivity index (χ2v) is 6.47. The highest BCUT2D eigenvalue weighted by Gasteiger charge is 2.45. The fourth-order valence-corrected chi connectivity index (χ4v) is 2.17. The number of carbonyl (C=O) groups is 1. The predicted molar refractivity (Wildman–Crippen MR) is 85.2 cm³/mol. The molecule has 3 N–H and O–H groups in total. The fraction of sp³-hybridized carbons (Fsp3) is 0.500. The molecule has 0 aliphatic heterocycles. The molecule has 2 atom stereocenters. The number of nitrogens with zero attached hydrogens (tertiary/aromatic N) is 3. The molecule has 0 aliphatic carbocycles. The molecule has 0 fully saturated rings. The lowest BCUT2D eigenvalue weighted by Gasteiger charge is -2.30. The lowest BCUT2D eigenvalue weighted by atomic mass is 9.93. The molecule has 0 saturated carbocycles. The van der Waals surface area contributed by atoms with E-state index in [4.69, 9.17) is 14.9 Å². The van der Waals surface area contributed by atoms with Crippen molar-refractivity contribution in [2.24, 2.45) is 11.7 Å². The van der Waals surface area contributed by atoms with Crippen LogP contribution >= 0.6 is 0 Å². The number of rotatable bonds is 5. The average molecular weight is 334 g/mol. The highest BCUT2D eigenvalue weighted by atomic mass is 16.6. The number of carbonyl (C=O) groups excluding carboxylic acids is 1. The molecule has 0 spiro atoms. The number of pyridine rings is 1. The molecule has 0 saturated heterocycles. The van der Waals surface area contributed by atoms with Gasteiger partial charge < -0.3 is 14.3 Å². The molecule has 1 unspecified atom stereocenters. The number of ether oxygens (including phenoxy) is 1. The molecule has 0 amide bonds. The number of aromatic nitrogens is 3. The maximum atomic E-state index is 12.3. The van der Waals surface area contributed by atoms with Gasteiger partial charge in [0.25, 0.3) is 5.89 Å². The molecule has 2 heterocycles. The van der Waals surface area contributed by atoms with E-state index in [1.807, 2.05) is 0 Å². The molecule has 0 radical (unpaired) electrons. The van der Waals surface area contributed by atoms with E-state index in [9.17, 15) is 9.90 Å². The number of hydrogen-bond donors (Lipinski definition) is 2. The Labute approximate surface area is 140 Å². The highest BCUT2D eigenvalue weighted by Crippen LogP contribution is 2.30. The Morgan fingerprint density at radius 2 is 2.12 bits per heavy atom. The van der Waals surface area contributed by atoms with Gasteiger partial charge in [-0.1, -0.05) is 6.92 Å². The molecule has 2 aromatic heterocycles. The van der Waals surface area contributed by atoms with E-state index in [0.29, 0.717) is 5.56 Å². The molecule has 8 heteroatoms. The zero-order valence-electron chi connectivity index (χ0n) is 14.2. The Kier molecular flexibility index (Phi) is 5.00. The quantitative estimate of drug-likeness (QED) is 0.624. The van der Waals surface area contributed by atoms with E-state index in [-0.39, 0.29) is 18.2 Å². The second-order valence-electron chi connectivity index (χ2n) is 6.47. The minimum atomic E-state index is -2.13. The molecular formula is C16H22N4O4. The topological polar surface area (TPSA) is 124 Å². The maximum Gasteiger partial charge on any atom is 0.314 e. The molecule has 130 valence electrons. The standard InChI is InChI=1S/C16H22N4O4/c1-5-11(13(21)24-15(2,3)4)16(17,22)14-20-19-12(23-14)10-7-6-8-18-9-10/h6-9,11,22H,5,17H2,1-4H3/t11-,16?/m1/s1. The summed E-state index contributed by atoms with van der Waals surface area (Å²) in [5.74, 6) is -1.77. The summed E-state index contributed by atoms with van der Waals surface area (Å²) >= 11 is 0. The van der Waals surface area contributed by atoms with Crippen LogP contribution in [-0.2, 0) is 15.3 Å². The summed E-state index contributed by atoms with van der Waals surface area (Å²) in [5, 5.41) is 18.3. The Bertz CT molecular complexity index is 692. The van der Waals surface area contributed by atoms with Gasteiger partial charge in [-0.2, -0.15) is 0 Å². The van der Waals surface area contributed by atoms with Gasteiger partial charge in [0.2, 0.25) is 11.6 Å². The lowest BCUT2D eigenvalue weighted by Crippen LogP contribution is -2.49. The number of hydrogen-bond acceptors (Lipinski definition) is 8. The molecule has 0 bridgehead atoms. The molecule has 0 aliphatic rings. The van der Waals surface area contributed by atoms with Gasteiger partial charge in [0.1, 0.15) is 11.5 Å². The normalized spacial score (nSPS) is 15.6. The highest BCUT2D eigenvalue weighted by molar-refractivity contribution is 5.74. The zero-order chi connectivity index (χ0) is 18.0. The van der Waals surface area contributed by atoms with E-state index in [1.165, 1.54) is 6.20 Å². The monoisotopic (exact) mass is 334 g/mol. The summed E-state index contributed by atoms with van der Waals surface area (Å²) in [6.45, 7) is 6.92. The van der Waals surface area contributed by atoms with E-state index in [0.717, 1.165) is 0 Å². The van der Waals surface area contributed by atoms with Crippen molar-refractivity contribution in [3.05, 3.63) is 30.4 Å². The van der Waals surface area contributed by atoms with E-state index >= 15 is 0 Å². The first-order valence-electron chi connectivity index (χ1n) is 7.63. The van der Waals surface area contributed by atoms with Crippen molar-refractivity contribution in [3.63, 3.8) is 0 Å². The van der Waals surface area contributed by atoms with Gasteiger partial charge in [0.15, 0.2) is 0 Å². The Morgan fingerprint density at radius 1 is 1.42 bits per heavy atom. The van der Waals surface area contributed by atoms with Crippen molar-refractivity contribution in [2.45, 2.75) is 45.4 Å². The average Bonchev–Trinajstić information content (AvgIpc) is 2.97. The van der Waals surface area contributed by atoms with Gasteiger partial charge in [-0.15, -0.1) is 10.2 Å². The first-order chi connectivity index (χ1) is 11.1. The van der Waals surface area contributed by atoms with Crippen molar-refractivity contribution in [1.29, 1.82) is 0 Å². The van der Waals surface area contributed by atoms with Crippen molar-refractivity contribution in [1.82, 2.24) is 15.2 Å².